The van der Waals surface area contributed by atoms with Crippen molar-refractivity contribution in [2.75, 3.05) is 26.8 Å². The van der Waals surface area contributed by atoms with Crippen molar-refractivity contribution in [1.82, 2.24) is 5.32 Å². The van der Waals surface area contributed by atoms with E-state index in [9.17, 15) is 9.90 Å². The van der Waals surface area contributed by atoms with Crippen LogP contribution in [0.15, 0.2) is 0 Å². The predicted molar refractivity (Wildman–Crippen MR) is 61.2 cm³/mol. The molecule has 0 fully saturated rings. The van der Waals surface area contributed by atoms with Gasteiger partial charge >= 0.3 is 5.97 Å². The molecule has 5 nitrogen and oxygen atoms in total. The minimum atomic E-state index is -1.50. The van der Waals surface area contributed by atoms with E-state index in [1.54, 1.807) is 0 Å². The number of hydrogen-bond donors (Lipinski definition) is 2. The molecule has 5 heteroatoms. The number of hydrogen-bond acceptors (Lipinski definition) is 5. The van der Waals surface area contributed by atoms with E-state index in [1.807, 2.05) is 20.8 Å². The average Bonchev–Trinajstić information content (AvgIpc) is 2.15. The van der Waals surface area contributed by atoms with Crippen molar-refractivity contribution >= 4 is 5.97 Å². The molecule has 1 unspecified atom stereocenters. The third-order valence-corrected chi connectivity index (χ3v) is 2.18. The fourth-order valence-electron chi connectivity index (χ4n) is 1.34. The van der Waals surface area contributed by atoms with E-state index in [1.165, 1.54) is 14.0 Å². The van der Waals surface area contributed by atoms with Gasteiger partial charge in [-0.1, -0.05) is 0 Å². The molecule has 96 valence electrons. The molecule has 1 atom stereocenters. The molecule has 0 saturated heterocycles. The molecule has 0 bridgehead atoms. The van der Waals surface area contributed by atoms with Crippen LogP contribution in [0.25, 0.3) is 0 Å². The van der Waals surface area contributed by atoms with Crippen LogP contribution in [0.3, 0.4) is 0 Å². The summed E-state index contributed by atoms with van der Waals surface area (Å²) in [6.45, 7) is 8.53. The van der Waals surface area contributed by atoms with Crippen molar-refractivity contribution in [3.63, 3.8) is 0 Å². The molecular formula is C11H23NO4. The van der Waals surface area contributed by atoms with Crippen LogP contribution in [0.2, 0.25) is 0 Å². The zero-order valence-electron chi connectivity index (χ0n) is 10.8. The van der Waals surface area contributed by atoms with E-state index in [4.69, 9.17) is 4.74 Å². The molecule has 0 radical (unpaired) electrons. The van der Waals surface area contributed by atoms with Gasteiger partial charge in [-0.05, 0) is 27.7 Å². The van der Waals surface area contributed by atoms with Crippen LogP contribution in [-0.2, 0) is 14.3 Å². The smallest absolute Gasteiger partial charge is 0.338 e. The molecule has 0 aromatic heterocycles. The van der Waals surface area contributed by atoms with Gasteiger partial charge < -0.3 is 19.9 Å². The normalized spacial score (nSPS) is 15.6. The molecule has 0 rings (SSSR count). The molecule has 0 amide bonds. The van der Waals surface area contributed by atoms with E-state index in [2.05, 4.69) is 10.1 Å². The Morgan fingerprint density at radius 2 is 1.88 bits per heavy atom. The van der Waals surface area contributed by atoms with E-state index in [-0.39, 0.29) is 12.1 Å². The first-order valence-corrected chi connectivity index (χ1v) is 5.40. The standard InChI is InChI=1S/C11H23NO4/c1-6-16-10(2,3)7-12-8-11(4,14)9(13)15-5/h12,14H,6-8H2,1-5H3. The first kappa shape index (κ1) is 15.3. The summed E-state index contributed by atoms with van der Waals surface area (Å²) >= 11 is 0. The summed E-state index contributed by atoms with van der Waals surface area (Å²) in [7, 11) is 1.25. The number of carbonyl (C=O) groups is 1. The topological polar surface area (TPSA) is 67.8 Å². The number of methoxy groups -OCH3 is 1. The number of ether oxygens (including phenoxy) is 2. The Labute approximate surface area is 97.1 Å². The van der Waals surface area contributed by atoms with Crippen molar-refractivity contribution < 1.29 is 19.4 Å². The summed E-state index contributed by atoms with van der Waals surface area (Å²) in [6, 6.07) is 0. The summed E-state index contributed by atoms with van der Waals surface area (Å²) in [5.74, 6) is -0.644. The highest BCUT2D eigenvalue weighted by Crippen LogP contribution is 2.08. The monoisotopic (exact) mass is 233 g/mol. The van der Waals surface area contributed by atoms with Gasteiger partial charge in [0.15, 0.2) is 5.60 Å². The Balaban J connectivity index is 4.02. The minimum Gasteiger partial charge on any atom is -0.467 e. The SMILES string of the molecule is CCOC(C)(C)CNCC(C)(O)C(=O)OC. The number of aliphatic hydroxyl groups is 1. The Morgan fingerprint density at radius 1 is 1.31 bits per heavy atom. The maximum atomic E-state index is 11.2. The summed E-state index contributed by atoms with van der Waals surface area (Å²) in [6.07, 6.45) is 0. The second-order valence-corrected chi connectivity index (χ2v) is 4.56. The minimum absolute atomic E-state index is 0.135. The first-order valence-electron chi connectivity index (χ1n) is 5.40. The maximum Gasteiger partial charge on any atom is 0.338 e. The quantitative estimate of drug-likeness (QED) is 0.620. The highest BCUT2D eigenvalue weighted by molar-refractivity contribution is 5.78. The second-order valence-electron chi connectivity index (χ2n) is 4.56. The number of esters is 1. The van der Waals surface area contributed by atoms with Gasteiger partial charge in [-0.3, -0.25) is 0 Å². The average molecular weight is 233 g/mol. The molecule has 0 aromatic rings. The van der Waals surface area contributed by atoms with E-state index >= 15 is 0 Å². The van der Waals surface area contributed by atoms with Gasteiger partial charge in [-0.25, -0.2) is 4.79 Å². The lowest BCUT2D eigenvalue weighted by atomic mass is 10.1. The highest BCUT2D eigenvalue weighted by atomic mass is 16.5. The molecule has 2 N–H and O–H groups in total. The van der Waals surface area contributed by atoms with Gasteiger partial charge in [0.25, 0.3) is 0 Å². The van der Waals surface area contributed by atoms with Gasteiger partial charge in [0.05, 0.1) is 12.7 Å². The molecule has 0 aliphatic heterocycles. The van der Waals surface area contributed by atoms with Crippen molar-refractivity contribution in [2.45, 2.75) is 38.9 Å². The Bertz CT molecular complexity index is 226. The van der Waals surface area contributed by atoms with Gasteiger partial charge in [0.2, 0.25) is 0 Å². The van der Waals surface area contributed by atoms with Gasteiger partial charge in [-0.15, -0.1) is 0 Å². The van der Waals surface area contributed by atoms with Crippen LogP contribution in [0.4, 0.5) is 0 Å². The largest absolute Gasteiger partial charge is 0.467 e. The summed E-state index contributed by atoms with van der Waals surface area (Å²) in [4.78, 5) is 11.2. The van der Waals surface area contributed by atoms with Gasteiger partial charge in [0, 0.05) is 19.7 Å². The van der Waals surface area contributed by atoms with E-state index in [0.717, 1.165) is 0 Å². The van der Waals surface area contributed by atoms with Crippen LogP contribution in [0.1, 0.15) is 27.7 Å². The summed E-state index contributed by atoms with van der Waals surface area (Å²) in [5, 5.41) is 12.7. The third kappa shape index (κ3) is 5.44. The van der Waals surface area contributed by atoms with Crippen LogP contribution < -0.4 is 5.32 Å². The zero-order valence-corrected chi connectivity index (χ0v) is 10.8. The number of rotatable bonds is 7. The molecule has 0 aromatic carbocycles. The number of carbonyl (C=O) groups excluding carboxylic acids is 1. The Morgan fingerprint density at radius 3 is 2.31 bits per heavy atom. The van der Waals surface area contributed by atoms with Crippen molar-refractivity contribution in [1.29, 1.82) is 0 Å². The molecular weight excluding hydrogens is 210 g/mol. The Kier molecular flexibility index (Phi) is 5.92. The Hall–Kier alpha value is -0.650. The molecule has 0 saturated carbocycles. The molecule has 16 heavy (non-hydrogen) atoms. The van der Waals surface area contributed by atoms with Crippen molar-refractivity contribution in [3.05, 3.63) is 0 Å². The van der Waals surface area contributed by atoms with Gasteiger partial charge in [0.1, 0.15) is 0 Å². The lowest BCUT2D eigenvalue weighted by Gasteiger charge is -2.27. The van der Waals surface area contributed by atoms with Crippen LogP contribution in [0.5, 0.6) is 0 Å². The van der Waals surface area contributed by atoms with Crippen LogP contribution in [-0.4, -0.2) is 49.1 Å². The van der Waals surface area contributed by atoms with Crippen molar-refractivity contribution in [2.24, 2.45) is 0 Å². The fourth-order valence-corrected chi connectivity index (χ4v) is 1.34. The van der Waals surface area contributed by atoms with E-state index < -0.39 is 11.6 Å². The first-order chi connectivity index (χ1) is 7.25. The summed E-state index contributed by atoms with van der Waals surface area (Å²) < 4.78 is 9.96. The predicted octanol–water partition coefficient (Wildman–Crippen LogP) is 0.315. The number of nitrogens with one attached hydrogen (secondary N) is 1. The lowest BCUT2D eigenvalue weighted by molar-refractivity contribution is -0.160. The molecule has 0 aliphatic rings. The van der Waals surface area contributed by atoms with Gasteiger partial charge in [-0.2, -0.15) is 0 Å². The summed E-state index contributed by atoms with van der Waals surface area (Å²) in [5.41, 5.74) is -1.82. The second kappa shape index (κ2) is 6.18. The van der Waals surface area contributed by atoms with Crippen LogP contribution in [0, 0.1) is 0 Å². The molecule has 0 heterocycles. The zero-order chi connectivity index (χ0) is 12.8. The lowest BCUT2D eigenvalue weighted by Crippen LogP contribution is -2.49. The molecule has 0 aliphatic carbocycles. The fraction of sp³-hybridized carbons (Fsp3) is 0.909. The molecule has 0 spiro atoms. The van der Waals surface area contributed by atoms with Crippen molar-refractivity contribution in [3.8, 4) is 0 Å². The van der Waals surface area contributed by atoms with Crippen LogP contribution >= 0.6 is 0 Å². The van der Waals surface area contributed by atoms with E-state index in [0.29, 0.717) is 13.2 Å². The third-order valence-electron chi connectivity index (χ3n) is 2.18. The highest BCUT2D eigenvalue weighted by Gasteiger charge is 2.31. The maximum absolute atomic E-state index is 11.2.